The lowest BCUT2D eigenvalue weighted by Gasteiger charge is -2.36. The number of aliphatic hydroxyl groups is 1. The van der Waals surface area contributed by atoms with E-state index in [0.717, 1.165) is 29.1 Å². The van der Waals surface area contributed by atoms with Gasteiger partial charge in [0, 0.05) is 31.9 Å². The molecule has 0 bridgehead atoms. The number of aliphatic hydroxyl groups excluding tert-OH is 1. The molecule has 21 heavy (non-hydrogen) atoms. The minimum atomic E-state index is -0.362. The third-order valence-corrected chi connectivity index (χ3v) is 5.26. The Morgan fingerprint density at radius 2 is 2.14 bits per heavy atom. The summed E-state index contributed by atoms with van der Waals surface area (Å²) in [5, 5.41) is 22.3. The molecule has 0 aromatic carbocycles. The summed E-state index contributed by atoms with van der Waals surface area (Å²) in [6, 6.07) is 0. The first-order chi connectivity index (χ1) is 10.1. The number of morpholine rings is 1. The van der Waals surface area contributed by atoms with Crippen LogP contribution in [0.3, 0.4) is 0 Å². The monoisotopic (exact) mass is 332 g/mol. The van der Waals surface area contributed by atoms with Gasteiger partial charge in [0.2, 0.25) is 5.13 Å². The molecule has 1 saturated heterocycles. The number of ether oxygens (including phenoxy) is 1. The van der Waals surface area contributed by atoms with Crippen LogP contribution < -0.4 is 5.32 Å². The van der Waals surface area contributed by atoms with Crippen LogP contribution in [0.2, 0.25) is 0 Å². The average molecular weight is 332 g/mol. The van der Waals surface area contributed by atoms with Crippen molar-refractivity contribution < 1.29 is 9.84 Å². The molecule has 2 rings (SSSR count). The molecule has 0 saturated carbocycles. The van der Waals surface area contributed by atoms with E-state index in [1.165, 1.54) is 11.3 Å². The first-order valence-corrected chi connectivity index (χ1v) is 9.13. The highest BCUT2D eigenvalue weighted by molar-refractivity contribution is 8.01. The SMILES string of the molecule is CCNc1nnc(SC[C@H](O)CN2C[C@H](C)O[C@@H](C)C2)s1. The Kier molecular flexibility index (Phi) is 6.69. The van der Waals surface area contributed by atoms with Crippen molar-refractivity contribution in [1.29, 1.82) is 0 Å². The Hall–Kier alpha value is -0.410. The fourth-order valence-corrected chi connectivity index (χ4v) is 4.20. The second-order valence-corrected chi connectivity index (χ2v) is 7.59. The summed E-state index contributed by atoms with van der Waals surface area (Å²) in [5.41, 5.74) is 0. The number of thioether (sulfide) groups is 1. The molecule has 6 nitrogen and oxygen atoms in total. The topological polar surface area (TPSA) is 70.5 Å². The zero-order valence-electron chi connectivity index (χ0n) is 12.8. The molecule has 3 atom stereocenters. The summed E-state index contributed by atoms with van der Waals surface area (Å²) in [6.45, 7) is 9.48. The molecule has 0 aliphatic carbocycles. The minimum absolute atomic E-state index is 0.236. The van der Waals surface area contributed by atoms with Crippen LogP contribution in [0.4, 0.5) is 5.13 Å². The molecule has 0 radical (unpaired) electrons. The molecule has 1 aromatic heterocycles. The maximum Gasteiger partial charge on any atom is 0.206 e. The Morgan fingerprint density at radius 1 is 1.43 bits per heavy atom. The molecule has 120 valence electrons. The van der Waals surface area contributed by atoms with E-state index in [2.05, 4.69) is 34.3 Å². The van der Waals surface area contributed by atoms with Crippen molar-refractivity contribution in [2.75, 3.05) is 37.2 Å². The standard InChI is InChI=1S/C13H24N4O2S2/c1-4-14-12-15-16-13(21-12)20-8-11(18)7-17-5-9(2)19-10(3)6-17/h9-11,18H,4-8H2,1-3H3,(H,14,15)/t9-,10-,11+/m0/s1. The van der Waals surface area contributed by atoms with E-state index >= 15 is 0 Å². The maximum absolute atomic E-state index is 10.2. The number of hydrogen-bond donors (Lipinski definition) is 2. The van der Waals surface area contributed by atoms with Gasteiger partial charge in [0.25, 0.3) is 0 Å². The van der Waals surface area contributed by atoms with Crippen molar-refractivity contribution in [3.63, 3.8) is 0 Å². The van der Waals surface area contributed by atoms with Gasteiger partial charge in [-0.3, -0.25) is 4.90 Å². The number of aromatic nitrogens is 2. The third kappa shape index (κ3) is 5.71. The van der Waals surface area contributed by atoms with Crippen LogP contribution in [0.25, 0.3) is 0 Å². The third-order valence-electron chi connectivity index (χ3n) is 3.10. The molecule has 2 heterocycles. The van der Waals surface area contributed by atoms with E-state index in [1.54, 1.807) is 11.8 Å². The van der Waals surface area contributed by atoms with Gasteiger partial charge < -0.3 is 15.2 Å². The zero-order chi connectivity index (χ0) is 15.2. The first-order valence-electron chi connectivity index (χ1n) is 7.32. The first kappa shape index (κ1) is 17.0. The molecular formula is C13H24N4O2S2. The fraction of sp³-hybridized carbons (Fsp3) is 0.846. The van der Waals surface area contributed by atoms with Crippen LogP contribution in [-0.4, -0.2) is 70.4 Å². The second kappa shape index (κ2) is 8.28. The van der Waals surface area contributed by atoms with E-state index in [9.17, 15) is 5.11 Å². The van der Waals surface area contributed by atoms with Crippen LogP contribution >= 0.6 is 23.1 Å². The van der Waals surface area contributed by atoms with Gasteiger partial charge in [-0.05, 0) is 20.8 Å². The molecule has 0 spiro atoms. The normalized spacial score (nSPS) is 25.0. The Morgan fingerprint density at radius 3 is 2.81 bits per heavy atom. The van der Waals surface area contributed by atoms with Gasteiger partial charge in [-0.25, -0.2) is 0 Å². The number of rotatable bonds is 7. The Balaban J connectivity index is 1.72. The van der Waals surface area contributed by atoms with Crippen LogP contribution in [0.1, 0.15) is 20.8 Å². The molecule has 1 aliphatic heterocycles. The predicted molar refractivity (Wildman–Crippen MR) is 87.3 cm³/mol. The molecule has 8 heteroatoms. The number of nitrogens with zero attached hydrogens (tertiary/aromatic N) is 3. The Bertz CT molecular complexity index is 422. The quantitative estimate of drug-likeness (QED) is 0.734. The molecular weight excluding hydrogens is 308 g/mol. The van der Waals surface area contributed by atoms with Gasteiger partial charge >= 0.3 is 0 Å². The van der Waals surface area contributed by atoms with Crippen LogP contribution in [0.15, 0.2) is 4.34 Å². The minimum Gasteiger partial charge on any atom is -0.391 e. The van der Waals surface area contributed by atoms with E-state index in [1.807, 2.05) is 6.92 Å². The lowest BCUT2D eigenvalue weighted by Crippen LogP contribution is -2.48. The predicted octanol–water partition coefficient (Wildman–Crippen LogP) is 1.53. The summed E-state index contributed by atoms with van der Waals surface area (Å²) in [5.74, 6) is 0.640. The molecule has 1 aromatic rings. The van der Waals surface area contributed by atoms with Crippen LogP contribution in [0.5, 0.6) is 0 Å². The van der Waals surface area contributed by atoms with Crippen molar-refractivity contribution in [2.24, 2.45) is 0 Å². The van der Waals surface area contributed by atoms with Gasteiger partial charge in [0.05, 0.1) is 18.3 Å². The van der Waals surface area contributed by atoms with E-state index < -0.39 is 0 Å². The van der Waals surface area contributed by atoms with E-state index in [0.29, 0.717) is 12.3 Å². The van der Waals surface area contributed by atoms with Crippen molar-refractivity contribution in [1.82, 2.24) is 15.1 Å². The van der Waals surface area contributed by atoms with Gasteiger partial charge in [0.15, 0.2) is 4.34 Å². The average Bonchev–Trinajstić information content (AvgIpc) is 2.83. The van der Waals surface area contributed by atoms with Gasteiger partial charge in [-0.15, -0.1) is 10.2 Å². The smallest absolute Gasteiger partial charge is 0.206 e. The largest absolute Gasteiger partial charge is 0.391 e. The number of nitrogens with one attached hydrogen (secondary N) is 1. The lowest BCUT2D eigenvalue weighted by atomic mass is 10.2. The van der Waals surface area contributed by atoms with E-state index in [4.69, 9.17) is 4.74 Å². The van der Waals surface area contributed by atoms with Crippen molar-refractivity contribution in [3.05, 3.63) is 0 Å². The highest BCUT2D eigenvalue weighted by Gasteiger charge is 2.23. The molecule has 2 N–H and O–H groups in total. The lowest BCUT2D eigenvalue weighted by molar-refractivity contribution is -0.0750. The number of anilines is 1. The van der Waals surface area contributed by atoms with Gasteiger partial charge in [-0.1, -0.05) is 23.1 Å². The highest BCUT2D eigenvalue weighted by atomic mass is 32.2. The summed E-state index contributed by atoms with van der Waals surface area (Å²) < 4.78 is 6.60. The molecule has 1 fully saturated rings. The fourth-order valence-electron chi connectivity index (χ4n) is 2.44. The van der Waals surface area contributed by atoms with Crippen LogP contribution in [-0.2, 0) is 4.74 Å². The van der Waals surface area contributed by atoms with Crippen LogP contribution in [0, 0.1) is 0 Å². The molecule has 0 amide bonds. The zero-order valence-corrected chi connectivity index (χ0v) is 14.4. The highest BCUT2D eigenvalue weighted by Crippen LogP contribution is 2.26. The summed E-state index contributed by atoms with van der Waals surface area (Å²) >= 11 is 3.09. The van der Waals surface area contributed by atoms with Crippen molar-refractivity contribution in [2.45, 2.75) is 43.4 Å². The maximum atomic E-state index is 10.2. The summed E-state index contributed by atoms with van der Waals surface area (Å²) in [6.07, 6.45) is 0.109. The van der Waals surface area contributed by atoms with Crippen molar-refractivity contribution >= 4 is 28.2 Å². The summed E-state index contributed by atoms with van der Waals surface area (Å²) in [4.78, 5) is 2.27. The molecule has 1 aliphatic rings. The molecule has 0 unspecified atom stereocenters. The van der Waals surface area contributed by atoms with E-state index in [-0.39, 0.29) is 18.3 Å². The van der Waals surface area contributed by atoms with Crippen molar-refractivity contribution in [3.8, 4) is 0 Å². The van der Waals surface area contributed by atoms with Gasteiger partial charge in [-0.2, -0.15) is 0 Å². The Labute approximate surface area is 134 Å². The summed E-state index contributed by atoms with van der Waals surface area (Å²) in [7, 11) is 0. The van der Waals surface area contributed by atoms with Gasteiger partial charge in [0.1, 0.15) is 0 Å². The second-order valence-electron chi connectivity index (χ2n) is 5.34. The number of β-amino-alcohol motifs (C(OH)–C–C–N with tert-alkyl or cyclic N) is 1. The number of hydrogen-bond acceptors (Lipinski definition) is 8.